The largest absolute Gasteiger partial charge is 0.434 e. The molecule has 0 aliphatic heterocycles. The van der Waals surface area contributed by atoms with E-state index in [0.29, 0.717) is 11.3 Å². The molecule has 0 spiro atoms. The molecule has 2 aromatic carbocycles. The molecule has 0 atom stereocenters. The summed E-state index contributed by atoms with van der Waals surface area (Å²) < 4.78 is 42.1. The summed E-state index contributed by atoms with van der Waals surface area (Å²) in [6, 6.07) is 12.5. The van der Waals surface area contributed by atoms with Gasteiger partial charge in [-0.25, -0.2) is 4.68 Å². The third-order valence-corrected chi connectivity index (χ3v) is 4.07. The molecular formula is C20H17F3N4O2. The highest BCUT2D eigenvalue weighted by Gasteiger charge is 2.40. The van der Waals surface area contributed by atoms with Gasteiger partial charge in [-0.2, -0.15) is 18.3 Å². The second-order valence-corrected chi connectivity index (χ2v) is 6.32. The van der Waals surface area contributed by atoms with E-state index in [4.69, 9.17) is 0 Å². The number of anilines is 2. The molecular weight excluding hydrogens is 385 g/mol. The van der Waals surface area contributed by atoms with Crippen LogP contribution in [0.2, 0.25) is 0 Å². The molecule has 0 unspecified atom stereocenters. The summed E-state index contributed by atoms with van der Waals surface area (Å²) in [6.07, 6.45) is -3.91. The predicted molar refractivity (Wildman–Crippen MR) is 102 cm³/mol. The number of alkyl halides is 3. The van der Waals surface area contributed by atoms with Crippen molar-refractivity contribution in [3.63, 3.8) is 0 Å². The Labute approximate surface area is 164 Å². The van der Waals surface area contributed by atoms with E-state index in [1.54, 1.807) is 37.3 Å². The zero-order valence-electron chi connectivity index (χ0n) is 15.5. The first kappa shape index (κ1) is 20.1. The normalized spacial score (nSPS) is 11.2. The molecule has 0 saturated carbocycles. The molecule has 3 rings (SSSR count). The van der Waals surface area contributed by atoms with Crippen LogP contribution < -0.4 is 10.6 Å². The monoisotopic (exact) mass is 402 g/mol. The summed E-state index contributed by atoms with van der Waals surface area (Å²) in [5.41, 5.74) is -0.324. The highest BCUT2D eigenvalue weighted by Crippen LogP contribution is 2.34. The van der Waals surface area contributed by atoms with Crippen molar-refractivity contribution in [2.45, 2.75) is 20.0 Å². The molecule has 9 heteroatoms. The molecule has 6 nitrogen and oxygen atoms in total. The van der Waals surface area contributed by atoms with Gasteiger partial charge in [-0.15, -0.1) is 0 Å². The third kappa shape index (κ3) is 4.45. The van der Waals surface area contributed by atoms with Gasteiger partial charge in [-0.05, 0) is 36.8 Å². The lowest BCUT2D eigenvalue weighted by Gasteiger charge is -2.14. The average Bonchev–Trinajstić information content (AvgIpc) is 3.07. The van der Waals surface area contributed by atoms with Gasteiger partial charge in [-0.3, -0.25) is 9.59 Å². The van der Waals surface area contributed by atoms with Crippen molar-refractivity contribution in [1.82, 2.24) is 9.78 Å². The highest BCUT2D eigenvalue weighted by atomic mass is 19.4. The first-order valence-electron chi connectivity index (χ1n) is 8.57. The van der Waals surface area contributed by atoms with Crippen LogP contribution in [0.5, 0.6) is 0 Å². The van der Waals surface area contributed by atoms with Crippen molar-refractivity contribution in [2.24, 2.45) is 0 Å². The standard InChI is InChI=1S/C20H17F3N4O2/c1-12-6-3-4-9-17(12)27-18(20(21,22)23)16(11-24-27)19(29)26-15-8-5-7-14(10-15)25-13(2)28/h3-11H,1-2H3,(H,25,28)(H,26,29). The summed E-state index contributed by atoms with van der Waals surface area (Å²) in [5, 5.41) is 8.77. The van der Waals surface area contributed by atoms with Gasteiger partial charge in [0.2, 0.25) is 5.91 Å². The molecule has 0 bridgehead atoms. The summed E-state index contributed by atoms with van der Waals surface area (Å²) >= 11 is 0. The minimum atomic E-state index is -4.80. The van der Waals surface area contributed by atoms with Crippen molar-refractivity contribution in [3.8, 4) is 5.69 Å². The van der Waals surface area contributed by atoms with Gasteiger partial charge in [0.1, 0.15) is 0 Å². The number of nitrogens with zero attached hydrogens (tertiary/aromatic N) is 2. The Hall–Kier alpha value is -3.62. The SMILES string of the molecule is CC(=O)Nc1cccc(NC(=O)c2cnn(-c3ccccc3C)c2C(F)(F)F)c1. The molecule has 0 fully saturated rings. The molecule has 1 heterocycles. The molecule has 3 aromatic rings. The number of carbonyl (C=O) groups is 2. The van der Waals surface area contributed by atoms with Gasteiger partial charge in [0.25, 0.3) is 5.91 Å². The molecule has 2 N–H and O–H groups in total. The third-order valence-electron chi connectivity index (χ3n) is 4.07. The number of nitrogens with one attached hydrogen (secondary N) is 2. The van der Waals surface area contributed by atoms with E-state index in [0.717, 1.165) is 10.9 Å². The van der Waals surface area contributed by atoms with Crippen LogP contribution in [0.4, 0.5) is 24.5 Å². The van der Waals surface area contributed by atoms with Crippen LogP contribution in [-0.4, -0.2) is 21.6 Å². The van der Waals surface area contributed by atoms with Crippen molar-refractivity contribution in [2.75, 3.05) is 10.6 Å². The molecule has 0 radical (unpaired) electrons. The van der Waals surface area contributed by atoms with E-state index >= 15 is 0 Å². The van der Waals surface area contributed by atoms with Crippen LogP contribution >= 0.6 is 0 Å². The van der Waals surface area contributed by atoms with Gasteiger partial charge in [0.05, 0.1) is 17.4 Å². The van der Waals surface area contributed by atoms with E-state index in [2.05, 4.69) is 15.7 Å². The quantitative estimate of drug-likeness (QED) is 0.679. The topological polar surface area (TPSA) is 76.0 Å². The first-order valence-corrected chi connectivity index (χ1v) is 8.57. The Morgan fingerprint density at radius 2 is 1.66 bits per heavy atom. The van der Waals surface area contributed by atoms with Crippen LogP contribution in [0.15, 0.2) is 54.7 Å². The zero-order chi connectivity index (χ0) is 21.2. The Morgan fingerprint density at radius 3 is 2.28 bits per heavy atom. The van der Waals surface area contributed by atoms with Crippen LogP contribution in [0.1, 0.15) is 28.5 Å². The number of halogens is 3. The van der Waals surface area contributed by atoms with Crippen LogP contribution in [0, 0.1) is 6.92 Å². The average molecular weight is 402 g/mol. The smallest absolute Gasteiger partial charge is 0.326 e. The maximum atomic E-state index is 13.8. The van der Waals surface area contributed by atoms with E-state index in [9.17, 15) is 22.8 Å². The molecule has 0 aliphatic rings. The second kappa shape index (κ2) is 7.78. The summed E-state index contributed by atoms with van der Waals surface area (Å²) in [4.78, 5) is 23.7. The lowest BCUT2D eigenvalue weighted by Crippen LogP contribution is -2.21. The minimum absolute atomic E-state index is 0.228. The highest BCUT2D eigenvalue weighted by molar-refractivity contribution is 6.05. The van der Waals surface area contributed by atoms with E-state index in [-0.39, 0.29) is 17.3 Å². The Morgan fingerprint density at radius 1 is 1.00 bits per heavy atom. The molecule has 29 heavy (non-hydrogen) atoms. The summed E-state index contributed by atoms with van der Waals surface area (Å²) in [5.74, 6) is -1.27. The van der Waals surface area contributed by atoms with Gasteiger partial charge in [-0.1, -0.05) is 24.3 Å². The number of aryl methyl sites for hydroxylation is 1. The van der Waals surface area contributed by atoms with Crippen LogP contribution in [0.3, 0.4) is 0 Å². The fourth-order valence-electron chi connectivity index (χ4n) is 2.85. The Balaban J connectivity index is 1.98. The van der Waals surface area contributed by atoms with Crippen molar-refractivity contribution < 1.29 is 22.8 Å². The minimum Gasteiger partial charge on any atom is -0.326 e. The number of aromatic nitrogens is 2. The van der Waals surface area contributed by atoms with Gasteiger partial charge in [0.15, 0.2) is 5.69 Å². The van der Waals surface area contributed by atoms with Gasteiger partial charge < -0.3 is 10.6 Å². The molecule has 0 aliphatic carbocycles. The number of amides is 2. The summed E-state index contributed by atoms with van der Waals surface area (Å²) in [7, 11) is 0. The number of benzene rings is 2. The maximum Gasteiger partial charge on any atom is 0.434 e. The summed E-state index contributed by atoms with van der Waals surface area (Å²) in [6.45, 7) is 2.98. The molecule has 2 amide bonds. The van der Waals surface area contributed by atoms with Gasteiger partial charge in [0, 0.05) is 18.3 Å². The number of hydrogen-bond donors (Lipinski definition) is 2. The zero-order valence-corrected chi connectivity index (χ0v) is 15.5. The fraction of sp³-hybridized carbons (Fsp3) is 0.150. The fourth-order valence-corrected chi connectivity index (χ4v) is 2.85. The lowest BCUT2D eigenvalue weighted by atomic mass is 10.1. The van der Waals surface area contributed by atoms with Crippen LogP contribution in [0.25, 0.3) is 5.69 Å². The lowest BCUT2D eigenvalue weighted by molar-refractivity contribution is -0.143. The van der Waals surface area contributed by atoms with E-state index < -0.39 is 23.3 Å². The molecule has 0 saturated heterocycles. The van der Waals surface area contributed by atoms with E-state index in [1.165, 1.54) is 25.1 Å². The van der Waals surface area contributed by atoms with Crippen molar-refractivity contribution in [3.05, 3.63) is 71.5 Å². The van der Waals surface area contributed by atoms with E-state index in [1.807, 2.05) is 0 Å². The number of hydrogen-bond acceptors (Lipinski definition) is 3. The molecule has 150 valence electrons. The van der Waals surface area contributed by atoms with Crippen molar-refractivity contribution >= 4 is 23.2 Å². The second-order valence-electron chi connectivity index (χ2n) is 6.32. The number of rotatable bonds is 4. The predicted octanol–water partition coefficient (Wildman–Crippen LogP) is 4.41. The van der Waals surface area contributed by atoms with Crippen molar-refractivity contribution in [1.29, 1.82) is 0 Å². The van der Waals surface area contributed by atoms with Crippen LogP contribution in [-0.2, 0) is 11.0 Å². The molecule has 1 aromatic heterocycles. The maximum absolute atomic E-state index is 13.8. The number of carbonyl (C=O) groups excluding carboxylic acids is 2. The van der Waals surface area contributed by atoms with Gasteiger partial charge >= 0.3 is 6.18 Å². The number of para-hydroxylation sites is 1. The Kier molecular flexibility index (Phi) is 5.40. The first-order chi connectivity index (χ1) is 13.7. The Bertz CT molecular complexity index is 1070.